The fourth-order valence-corrected chi connectivity index (χ4v) is 6.23. The van der Waals surface area contributed by atoms with Crippen molar-refractivity contribution in [3.63, 3.8) is 0 Å². The highest BCUT2D eigenvalue weighted by Crippen LogP contribution is 2.29. The molecule has 1 aromatic heterocycles. The quantitative estimate of drug-likeness (QED) is 0.135. The first-order valence-electron chi connectivity index (χ1n) is 16.6. The summed E-state index contributed by atoms with van der Waals surface area (Å²) in [5, 5.41) is 31.2. The molecule has 5 rings (SSSR count). The number of hydrogen-bond acceptors (Lipinski definition) is 7. The van der Waals surface area contributed by atoms with Crippen LogP contribution in [0.2, 0.25) is 0 Å². The van der Waals surface area contributed by atoms with Crippen LogP contribution in [-0.2, 0) is 16.0 Å². The Morgan fingerprint density at radius 1 is 0.898 bits per heavy atom. The van der Waals surface area contributed by atoms with E-state index in [0.717, 1.165) is 35.1 Å². The summed E-state index contributed by atoms with van der Waals surface area (Å²) in [4.78, 5) is 53.1. The average Bonchev–Trinajstić information content (AvgIpc) is 3.67. The maximum atomic E-state index is 13.7. The van der Waals surface area contributed by atoms with Gasteiger partial charge < -0.3 is 26.0 Å². The molecule has 1 heterocycles. The van der Waals surface area contributed by atoms with Crippen molar-refractivity contribution in [2.45, 2.75) is 52.0 Å². The number of tetrazole rings is 1. The van der Waals surface area contributed by atoms with Gasteiger partial charge in [-0.1, -0.05) is 42.5 Å². The van der Waals surface area contributed by atoms with Crippen molar-refractivity contribution in [3.05, 3.63) is 83.9 Å². The first kappa shape index (κ1) is 34.7. The third-order valence-corrected chi connectivity index (χ3v) is 9.06. The minimum atomic E-state index is -1.05. The summed E-state index contributed by atoms with van der Waals surface area (Å²) in [5.74, 6) is -0.243. The van der Waals surface area contributed by atoms with Crippen LogP contribution in [0.5, 0.6) is 0 Å². The van der Waals surface area contributed by atoms with Crippen molar-refractivity contribution in [1.82, 2.24) is 36.2 Å². The van der Waals surface area contributed by atoms with Crippen LogP contribution in [0.25, 0.3) is 22.5 Å². The fourth-order valence-electron chi connectivity index (χ4n) is 6.23. The number of carbonyl (C=O) groups is 4. The maximum Gasteiger partial charge on any atom is 0.404 e. The lowest BCUT2D eigenvalue weighted by Gasteiger charge is -2.29. The Morgan fingerprint density at radius 3 is 2.20 bits per heavy atom. The number of anilines is 1. The van der Waals surface area contributed by atoms with E-state index in [2.05, 4.69) is 36.6 Å². The molecule has 256 valence electrons. The first-order chi connectivity index (χ1) is 23.7. The maximum absolute atomic E-state index is 13.7. The second-order valence-corrected chi connectivity index (χ2v) is 12.2. The molecular formula is C36H42N8O5. The predicted molar refractivity (Wildman–Crippen MR) is 184 cm³/mol. The van der Waals surface area contributed by atoms with E-state index in [-0.39, 0.29) is 36.0 Å². The molecule has 0 radical (unpaired) electrons. The van der Waals surface area contributed by atoms with Gasteiger partial charge in [-0.2, -0.15) is 5.21 Å². The number of nitrogens with one attached hydrogen (secondary N) is 4. The second kappa shape index (κ2) is 16.5. The molecule has 0 bridgehead atoms. The lowest BCUT2D eigenvalue weighted by molar-refractivity contribution is -0.130. The number of aromatic nitrogens is 4. The molecule has 1 saturated carbocycles. The van der Waals surface area contributed by atoms with Crippen LogP contribution in [-0.4, -0.2) is 80.1 Å². The molecule has 5 N–H and O–H groups in total. The van der Waals surface area contributed by atoms with E-state index in [0.29, 0.717) is 49.6 Å². The standard InChI is InChI=1S/C36H42N8O5/c1-3-44(4-2)35(47)30-8-6-5-7-29(30)25-13-9-23(10-14-25)21-31(39-33(45)27-15-11-24(12-16-27)22-37-36(48)49)34(46)38-28-19-17-26(18-20-28)32-40-42-43-41-32/h5-10,13-14,17-20,24,27,31,37H,3-4,11-12,15-16,21-22H2,1-2H3,(H,38,46)(H,39,45)(H,48,49)(H,40,41,42,43)/t24-,27-,31-/m0/s1. The van der Waals surface area contributed by atoms with Gasteiger partial charge in [0.25, 0.3) is 5.91 Å². The van der Waals surface area contributed by atoms with Gasteiger partial charge in [0.1, 0.15) is 6.04 Å². The second-order valence-electron chi connectivity index (χ2n) is 12.2. The van der Waals surface area contributed by atoms with E-state index < -0.39 is 12.1 Å². The van der Waals surface area contributed by atoms with Crippen LogP contribution in [0.1, 0.15) is 55.5 Å². The predicted octanol–water partition coefficient (Wildman–Crippen LogP) is 4.76. The third kappa shape index (κ3) is 9.06. The number of carbonyl (C=O) groups excluding carboxylic acids is 3. The van der Waals surface area contributed by atoms with E-state index in [1.54, 1.807) is 29.2 Å². The third-order valence-electron chi connectivity index (χ3n) is 9.06. The van der Waals surface area contributed by atoms with Gasteiger partial charge >= 0.3 is 6.09 Å². The van der Waals surface area contributed by atoms with Crippen LogP contribution >= 0.6 is 0 Å². The summed E-state index contributed by atoms with van der Waals surface area (Å²) in [6.07, 6.45) is 1.87. The molecule has 1 fully saturated rings. The normalized spacial score (nSPS) is 16.3. The molecular weight excluding hydrogens is 624 g/mol. The number of hydrogen-bond donors (Lipinski definition) is 5. The van der Waals surface area contributed by atoms with E-state index in [4.69, 9.17) is 5.11 Å². The van der Waals surface area contributed by atoms with Crippen LogP contribution in [0, 0.1) is 11.8 Å². The van der Waals surface area contributed by atoms with Gasteiger partial charge in [0.15, 0.2) is 0 Å². The molecule has 13 nitrogen and oxygen atoms in total. The lowest BCUT2D eigenvalue weighted by Crippen LogP contribution is -2.48. The topological polar surface area (TPSA) is 182 Å². The number of amides is 4. The zero-order chi connectivity index (χ0) is 34.8. The molecule has 1 atom stereocenters. The van der Waals surface area contributed by atoms with E-state index in [9.17, 15) is 19.2 Å². The summed E-state index contributed by atoms with van der Waals surface area (Å²) in [5.41, 5.74) is 4.45. The number of aromatic amines is 1. The van der Waals surface area contributed by atoms with Crippen LogP contribution < -0.4 is 16.0 Å². The van der Waals surface area contributed by atoms with E-state index >= 15 is 0 Å². The Bertz CT molecular complexity index is 1720. The number of H-pyrrole nitrogens is 1. The van der Waals surface area contributed by atoms with Crippen LogP contribution in [0.4, 0.5) is 10.5 Å². The van der Waals surface area contributed by atoms with Crippen molar-refractivity contribution in [3.8, 4) is 22.5 Å². The zero-order valence-corrected chi connectivity index (χ0v) is 27.7. The SMILES string of the molecule is CCN(CC)C(=O)c1ccccc1-c1ccc(C[C@H](NC(=O)[C@H]2CC[C@H](CNC(=O)O)CC2)C(=O)Nc2ccc(-c3nn[nH]n3)cc2)cc1. The number of rotatable bonds is 13. The molecule has 1 aliphatic carbocycles. The minimum absolute atomic E-state index is 0.0263. The molecule has 1 aliphatic rings. The first-order valence-corrected chi connectivity index (χ1v) is 16.6. The molecule has 4 amide bonds. The Kier molecular flexibility index (Phi) is 11.7. The van der Waals surface area contributed by atoms with Gasteiger partial charge in [-0.3, -0.25) is 14.4 Å². The Morgan fingerprint density at radius 2 is 1.57 bits per heavy atom. The average molecular weight is 667 g/mol. The highest BCUT2D eigenvalue weighted by Gasteiger charge is 2.30. The van der Waals surface area contributed by atoms with Crippen LogP contribution in [0.3, 0.4) is 0 Å². The van der Waals surface area contributed by atoms with Crippen molar-refractivity contribution in [2.24, 2.45) is 11.8 Å². The highest BCUT2D eigenvalue weighted by atomic mass is 16.4. The molecule has 4 aromatic rings. The Balaban J connectivity index is 1.31. The zero-order valence-electron chi connectivity index (χ0n) is 27.7. The fraction of sp³-hybridized carbons (Fsp3) is 0.361. The van der Waals surface area contributed by atoms with Gasteiger partial charge in [0.05, 0.1) is 0 Å². The molecule has 0 unspecified atom stereocenters. The number of benzene rings is 3. The van der Waals surface area contributed by atoms with Gasteiger partial charge in [0.2, 0.25) is 17.6 Å². The van der Waals surface area contributed by atoms with E-state index in [1.807, 2.05) is 62.4 Å². The number of nitrogens with zero attached hydrogens (tertiary/aromatic N) is 4. The molecule has 13 heteroatoms. The van der Waals surface area contributed by atoms with Crippen molar-refractivity contribution in [1.29, 1.82) is 0 Å². The molecule has 0 aliphatic heterocycles. The van der Waals surface area contributed by atoms with E-state index in [1.165, 1.54) is 0 Å². The summed E-state index contributed by atoms with van der Waals surface area (Å²) >= 11 is 0. The van der Waals surface area contributed by atoms with Crippen molar-refractivity contribution >= 4 is 29.5 Å². The molecule has 0 saturated heterocycles. The summed E-state index contributed by atoms with van der Waals surface area (Å²) in [6, 6.07) is 21.4. The summed E-state index contributed by atoms with van der Waals surface area (Å²) in [7, 11) is 0. The van der Waals surface area contributed by atoms with Gasteiger partial charge in [-0.25, -0.2) is 4.79 Å². The smallest absolute Gasteiger partial charge is 0.404 e. The monoisotopic (exact) mass is 666 g/mol. The number of carboxylic acid groups (broad SMARTS) is 1. The van der Waals surface area contributed by atoms with Gasteiger partial charge in [-0.05, 0) is 97.7 Å². The Labute approximate surface area is 284 Å². The van der Waals surface area contributed by atoms with Crippen molar-refractivity contribution < 1.29 is 24.3 Å². The Hall–Kier alpha value is -5.59. The minimum Gasteiger partial charge on any atom is -0.465 e. The van der Waals surface area contributed by atoms with Gasteiger partial charge in [0, 0.05) is 48.8 Å². The molecule has 0 spiro atoms. The summed E-state index contributed by atoms with van der Waals surface area (Å²) < 4.78 is 0. The van der Waals surface area contributed by atoms with Crippen LogP contribution in [0.15, 0.2) is 72.8 Å². The highest BCUT2D eigenvalue weighted by molar-refractivity contribution is 6.01. The lowest BCUT2D eigenvalue weighted by atomic mass is 9.81. The molecule has 49 heavy (non-hydrogen) atoms. The largest absolute Gasteiger partial charge is 0.465 e. The summed E-state index contributed by atoms with van der Waals surface area (Å²) in [6.45, 7) is 5.51. The molecule has 3 aromatic carbocycles. The van der Waals surface area contributed by atoms with Gasteiger partial charge in [-0.15, -0.1) is 10.2 Å². The van der Waals surface area contributed by atoms with Crippen molar-refractivity contribution in [2.75, 3.05) is 25.0 Å².